The minimum Gasteiger partial charge on any atom is -0.465 e. The maximum absolute atomic E-state index is 12.2. The summed E-state index contributed by atoms with van der Waals surface area (Å²) in [4.78, 5) is 25.9. The second kappa shape index (κ2) is 7.14. The van der Waals surface area contributed by atoms with Crippen molar-refractivity contribution < 1.29 is 19.1 Å². The van der Waals surface area contributed by atoms with Crippen LogP contribution < -0.4 is 0 Å². The highest BCUT2D eigenvalue weighted by molar-refractivity contribution is 5.91. The molecule has 1 aliphatic carbocycles. The van der Waals surface area contributed by atoms with E-state index < -0.39 is 5.60 Å². The Morgan fingerprint density at radius 2 is 1.88 bits per heavy atom. The molecule has 0 radical (unpaired) electrons. The first kappa shape index (κ1) is 18.5. The number of nitrogens with zero attached hydrogens (tertiary/aromatic N) is 1. The van der Waals surface area contributed by atoms with Gasteiger partial charge in [-0.15, -0.1) is 0 Å². The highest BCUT2D eigenvalue weighted by Gasteiger charge is 2.27. The monoisotopic (exact) mass is 357 g/mol. The van der Waals surface area contributed by atoms with Crippen molar-refractivity contribution in [2.24, 2.45) is 0 Å². The van der Waals surface area contributed by atoms with Crippen molar-refractivity contribution in [3.63, 3.8) is 0 Å². The zero-order valence-electron chi connectivity index (χ0n) is 16.0. The van der Waals surface area contributed by atoms with E-state index in [-0.39, 0.29) is 12.1 Å². The third-order valence-corrected chi connectivity index (χ3v) is 4.66. The topological polar surface area (TPSA) is 55.8 Å². The molecule has 3 rings (SSSR count). The number of hydrogen-bond acceptors (Lipinski definition) is 4. The lowest BCUT2D eigenvalue weighted by atomic mass is 9.94. The molecule has 1 heterocycles. The van der Waals surface area contributed by atoms with Gasteiger partial charge in [0.2, 0.25) is 0 Å². The Kier molecular flexibility index (Phi) is 5.08. The van der Waals surface area contributed by atoms with Crippen molar-refractivity contribution in [1.29, 1.82) is 0 Å². The molecule has 1 aliphatic heterocycles. The third-order valence-electron chi connectivity index (χ3n) is 4.66. The Hall–Kier alpha value is -2.30. The van der Waals surface area contributed by atoms with Crippen LogP contribution in [0.3, 0.4) is 0 Å². The van der Waals surface area contributed by atoms with Gasteiger partial charge in [0.15, 0.2) is 0 Å². The molecule has 0 atom stereocenters. The van der Waals surface area contributed by atoms with Crippen LogP contribution in [0.15, 0.2) is 24.3 Å². The van der Waals surface area contributed by atoms with Crippen LogP contribution in [0.2, 0.25) is 0 Å². The number of esters is 1. The van der Waals surface area contributed by atoms with Crippen molar-refractivity contribution in [3.05, 3.63) is 41.0 Å². The summed E-state index contributed by atoms with van der Waals surface area (Å²) in [6, 6.07) is 6.02. The molecule has 0 N–H and O–H groups in total. The molecule has 1 saturated carbocycles. The van der Waals surface area contributed by atoms with E-state index in [0.717, 1.165) is 17.6 Å². The van der Waals surface area contributed by atoms with Gasteiger partial charge in [-0.2, -0.15) is 0 Å². The molecule has 2 aliphatic rings. The summed E-state index contributed by atoms with van der Waals surface area (Å²) in [5, 5.41) is 0. The number of amides is 1. The van der Waals surface area contributed by atoms with E-state index in [2.05, 4.69) is 12.1 Å². The van der Waals surface area contributed by atoms with Gasteiger partial charge in [-0.25, -0.2) is 9.59 Å². The fourth-order valence-corrected chi connectivity index (χ4v) is 3.15. The van der Waals surface area contributed by atoms with Crippen LogP contribution in [-0.2, 0) is 9.47 Å². The van der Waals surface area contributed by atoms with Gasteiger partial charge in [0.1, 0.15) is 5.60 Å². The smallest absolute Gasteiger partial charge is 0.410 e. The van der Waals surface area contributed by atoms with Crippen molar-refractivity contribution in [2.45, 2.75) is 51.6 Å². The van der Waals surface area contributed by atoms with E-state index in [0.29, 0.717) is 24.6 Å². The Balaban J connectivity index is 1.78. The number of carbonyl (C=O) groups is 2. The predicted molar refractivity (Wildman–Crippen MR) is 100 cm³/mol. The van der Waals surface area contributed by atoms with Crippen LogP contribution in [0.25, 0.3) is 5.57 Å². The number of methoxy groups -OCH3 is 1. The van der Waals surface area contributed by atoms with Gasteiger partial charge in [0.05, 0.1) is 12.7 Å². The van der Waals surface area contributed by atoms with E-state index in [9.17, 15) is 9.59 Å². The highest BCUT2D eigenvalue weighted by atomic mass is 16.6. The summed E-state index contributed by atoms with van der Waals surface area (Å²) in [5.74, 6) is 0.251. The summed E-state index contributed by atoms with van der Waals surface area (Å²) in [7, 11) is 1.41. The zero-order valence-corrected chi connectivity index (χ0v) is 16.0. The molecule has 1 aromatic rings. The molecule has 0 spiro atoms. The first-order valence-corrected chi connectivity index (χ1v) is 9.17. The number of ether oxygens (including phenoxy) is 2. The number of benzene rings is 1. The fourth-order valence-electron chi connectivity index (χ4n) is 3.15. The summed E-state index contributed by atoms with van der Waals surface area (Å²) >= 11 is 0. The van der Waals surface area contributed by atoms with Gasteiger partial charge < -0.3 is 14.4 Å². The second-order valence-corrected chi connectivity index (χ2v) is 8.02. The predicted octanol–water partition coefficient (Wildman–Crippen LogP) is 4.37. The van der Waals surface area contributed by atoms with E-state index in [1.807, 2.05) is 32.9 Å². The lowest BCUT2D eigenvalue weighted by Crippen LogP contribution is -2.39. The average Bonchev–Trinajstić information content (AvgIpc) is 3.44. The highest BCUT2D eigenvalue weighted by Crippen LogP contribution is 2.41. The van der Waals surface area contributed by atoms with Crippen molar-refractivity contribution in [2.75, 3.05) is 20.2 Å². The standard InChI is InChI=1S/C21H27NO4/c1-21(2,3)26-20(24)22-9-7-15(8-10-22)17-11-16(14-5-6-14)12-18(13-17)19(23)25-4/h7,11-14H,5-6,8-10H2,1-4H3. The van der Waals surface area contributed by atoms with Crippen molar-refractivity contribution in [3.8, 4) is 0 Å². The normalized spacial score (nSPS) is 17.5. The van der Waals surface area contributed by atoms with Gasteiger partial charge in [-0.1, -0.05) is 12.1 Å². The maximum Gasteiger partial charge on any atom is 0.410 e. The van der Waals surface area contributed by atoms with Crippen LogP contribution >= 0.6 is 0 Å². The lowest BCUT2D eigenvalue weighted by molar-refractivity contribution is 0.0270. The van der Waals surface area contributed by atoms with Crippen LogP contribution in [0, 0.1) is 0 Å². The molecule has 0 saturated heterocycles. The van der Waals surface area contributed by atoms with Crippen LogP contribution in [0.4, 0.5) is 4.79 Å². The van der Waals surface area contributed by atoms with Gasteiger partial charge in [0, 0.05) is 13.1 Å². The number of rotatable bonds is 3. The molecule has 0 aromatic heterocycles. The van der Waals surface area contributed by atoms with Gasteiger partial charge in [-0.05, 0) is 74.8 Å². The van der Waals surface area contributed by atoms with Gasteiger partial charge >= 0.3 is 12.1 Å². The van der Waals surface area contributed by atoms with E-state index in [1.165, 1.54) is 25.5 Å². The van der Waals surface area contributed by atoms with Crippen LogP contribution in [0.1, 0.15) is 67.4 Å². The van der Waals surface area contributed by atoms with E-state index in [1.54, 1.807) is 4.90 Å². The van der Waals surface area contributed by atoms with E-state index in [4.69, 9.17) is 9.47 Å². The average molecular weight is 357 g/mol. The van der Waals surface area contributed by atoms with Crippen LogP contribution in [-0.4, -0.2) is 42.8 Å². The first-order chi connectivity index (χ1) is 12.3. The maximum atomic E-state index is 12.2. The molecule has 1 fully saturated rings. The molecule has 140 valence electrons. The zero-order chi connectivity index (χ0) is 18.9. The van der Waals surface area contributed by atoms with Crippen LogP contribution in [0.5, 0.6) is 0 Å². The quantitative estimate of drug-likeness (QED) is 0.754. The number of hydrogen-bond donors (Lipinski definition) is 0. The minimum absolute atomic E-state index is 0.283. The summed E-state index contributed by atoms with van der Waals surface area (Å²) in [6.45, 7) is 6.74. The Bertz CT molecular complexity index is 741. The SMILES string of the molecule is COC(=O)c1cc(C2=CCN(C(=O)OC(C)(C)C)CC2)cc(C2CC2)c1. The Morgan fingerprint density at radius 1 is 1.15 bits per heavy atom. The van der Waals surface area contributed by atoms with E-state index >= 15 is 0 Å². The largest absolute Gasteiger partial charge is 0.465 e. The minimum atomic E-state index is -0.491. The molecule has 0 bridgehead atoms. The summed E-state index contributed by atoms with van der Waals surface area (Å²) < 4.78 is 10.3. The molecule has 26 heavy (non-hydrogen) atoms. The Labute approximate surface area is 155 Å². The lowest BCUT2D eigenvalue weighted by Gasteiger charge is -2.29. The molecule has 5 heteroatoms. The Morgan fingerprint density at radius 3 is 2.42 bits per heavy atom. The van der Waals surface area contributed by atoms with Crippen molar-refractivity contribution >= 4 is 17.6 Å². The molecular formula is C21H27NO4. The third kappa shape index (κ3) is 4.45. The molecule has 5 nitrogen and oxygen atoms in total. The molecule has 1 amide bonds. The number of carbonyl (C=O) groups excluding carboxylic acids is 2. The van der Waals surface area contributed by atoms with Gasteiger partial charge in [0.25, 0.3) is 0 Å². The van der Waals surface area contributed by atoms with Crippen molar-refractivity contribution in [1.82, 2.24) is 4.90 Å². The fraction of sp³-hybridized carbons (Fsp3) is 0.524. The van der Waals surface area contributed by atoms with Gasteiger partial charge in [-0.3, -0.25) is 0 Å². The summed E-state index contributed by atoms with van der Waals surface area (Å²) in [6.07, 6.45) is 4.87. The molecular weight excluding hydrogens is 330 g/mol. The first-order valence-electron chi connectivity index (χ1n) is 9.17. The second-order valence-electron chi connectivity index (χ2n) is 8.02. The molecule has 0 unspecified atom stereocenters. The summed E-state index contributed by atoms with van der Waals surface area (Å²) in [5.41, 5.74) is 3.53. The molecule has 1 aromatic carbocycles.